The summed E-state index contributed by atoms with van der Waals surface area (Å²) in [5.41, 5.74) is 6.25. The van der Waals surface area contributed by atoms with Gasteiger partial charge in [0.15, 0.2) is 5.13 Å². The fraction of sp³-hybridized carbons (Fsp3) is 0.154. The zero-order valence-corrected chi connectivity index (χ0v) is 20.8. The lowest BCUT2D eigenvalue weighted by Gasteiger charge is -2.07. The van der Waals surface area contributed by atoms with E-state index in [2.05, 4.69) is 33.6 Å². The van der Waals surface area contributed by atoms with Gasteiger partial charge in [0, 0.05) is 29.7 Å². The summed E-state index contributed by atoms with van der Waals surface area (Å²) in [4.78, 5) is 18.5. The number of aryl methyl sites for hydroxylation is 2. The molecule has 1 amide bonds. The molecule has 1 unspecified atom stereocenters. The van der Waals surface area contributed by atoms with Crippen molar-refractivity contribution in [3.05, 3.63) is 94.4 Å². The monoisotopic (exact) mass is 490 g/mol. The van der Waals surface area contributed by atoms with Crippen molar-refractivity contribution in [3.8, 4) is 11.3 Å². The smallest absolute Gasteiger partial charge is 0.264 e. The Morgan fingerprint density at radius 3 is 2.56 bits per heavy atom. The van der Waals surface area contributed by atoms with Crippen LogP contribution in [0.15, 0.2) is 72.8 Å². The van der Waals surface area contributed by atoms with E-state index < -0.39 is 11.0 Å². The molecule has 0 aliphatic rings. The van der Waals surface area contributed by atoms with Crippen molar-refractivity contribution in [1.82, 2.24) is 10.3 Å². The molecule has 0 saturated carbocycles. The van der Waals surface area contributed by atoms with Crippen molar-refractivity contribution in [2.24, 2.45) is 0 Å². The molecule has 174 valence electrons. The molecular weight excluding hydrogens is 464 g/mol. The molecule has 8 heteroatoms. The summed E-state index contributed by atoms with van der Waals surface area (Å²) < 4.78 is 14.5. The summed E-state index contributed by atoms with van der Waals surface area (Å²) in [5.74, 6) is -0.192. The average molecular weight is 491 g/mol. The predicted molar refractivity (Wildman–Crippen MR) is 142 cm³/mol. The first-order chi connectivity index (χ1) is 16.4. The number of aromatic nitrogens is 1. The summed E-state index contributed by atoms with van der Waals surface area (Å²) in [7, 11) is -1.21. The van der Waals surface area contributed by atoms with Crippen molar-refractivity contribution in [3.63, 3.8) is 0 Å². The third-order valence-electron chi connectivity index (χ3n) is 5.16. The fourth-order valence-electron chi connectivity index (χ4n) is 3.46. The summed E-state index contributed by atoms with van der Waals surface area (Å²) in [6, 6.07) is 23.4. The first kappa shape index (κ1) is 23.7. The highest BCUT2D eigenvalue weighted by Gasteiger charge is 2.20. The van der Waals surface area contributed by atoms with E-state index in [1.807, 2.05) is 68.4 Å². The average Bonchev–Trinajstić information content (AvgIpc) is 3.24. The van der Waals surface area contributed by atoms with Crippen molar-refractivity contribution in [2.75, 3.05) is 16.3 Å². The van der Waals surface area contributed by atoms with Crippen molar-refractivity contribution in [1.29, 1.82) is 0 Å². The van der Waals surface area contributed by atoms with E-state index >= 15 is 0 Å². The van der Waals surface area contributed by atoms with Crippen molar-refractivity contribution >= 4 is 44.7 Å². The lowest BCUT2D eigenvalue weighted by molar-refractivity contribution is 0.0955. The van der Waals surface area contributed by atoms with Crippen LogP contribution in [0.4, 0.5) is 16.5 Å². The first-order valence-electron chi connectivity index (χ1n) is 10.8. The van der Waals surface area contributed by atoms with E-state index in [0.717, 1.165) is 27.9 Å². The maximum Gasteiger partial charge on any atom is 0.264 e. The molecule has 3 N–H and O–H groups in total. The lowest BCUT2D eigenvalue weighted by Crippen LogP contribution is -2.22. The van der Waals surface area contributed by atoms with E-state index in [1.54, 1.807) is 6.26 Å². The van der Waals surface area contributed by atoms with Gasteiger partial charge >= 0.3 is 0 Å². The standard InChI is InChI=1S/C26H26N4O2S2/c1-17-12-13-18(2)22(14-17)28-26-29-23(20-10-7-11-21(15-20)30-34(3)32)24(33-26)25(31)27-16-19-8-5-4-6-9-19/h4-15,30H,16H2,1-3H3,(H,27,31)(H,28,29). The van der Waals surface area contributed by atoms with Crippen LogP contribution in [0, 0.1) is 13.8 Å². The number of amides is 1. The normalized spacial score (nSPS) is 11.6. The van der Waals surface area contributed by atoms with Crippen LogP contribution < -0.4 is 15.4 Å². The maximum atomic E-state index is 13.2. The largest absolute Gasteiger partial charge is 0.347 e. The van der Waals surface area contributed by atoms with E-state index in [-0.39, 0.29) is 5.91 Å². The second-order valence-corrected chi connectivity index (χ2v) is 10.1. The van der Waals surface area contributed by atoms with Gasteiger partial charge in [0.05, 0.1) is 5.69 Å². The molecule has 0 radical (unpaired) electrons. The number of hydrogen-bond acceptors (Lipinski definition) is 5. The number of hydrogen-bond donors (Lipinski definition) is 3. The molecule has 34 heavy (non-hydrogen) atoms. The number of anilines is 3. The van der Waals surface area contributed by atoms with Crippen LogP contribution >= 0.6 is 11.3 Å². The Hall–Kier alpha value is -3.49. The molecule has 0 spiro atoms. The van der Waals surface area contributed by atoms with Gasteiger partial charge in [0.2, 0.25) is 0 Å². The van der Waals surface area contributed by atoms with E-state index in [0.29, 0.717) is 27.9 Å². The van der Waals surface area contributed by atoms with Gasteiger partial charge in [-0.05, 0) is 48.7 Å². The summed E-state index contributed by atoms with van der Waals surface area (Å²) in [5, 5.41) is 7.02. The Kier molecular flexibility index (Phi) is 7.40. The Labute approximate surface area is 206 Å². The molecule has 4 rings (SSSR count). The van der Waals surface area contributed by atoms with E-state index in [1.165, 1.54) is 11.3 Å². The van der Waals surface area contributed by atoms with Gasteiger partial charge in [-0.1, -0.05) is 65.9 Å². The van der Waals surface area contributed by atoms with Crippen LogP contribution in [0.2, 0.25) is 0 Å². The SMILES string of the molecule is Cc1ccc(C)c(Nc2nc(-c3cccc(NS(C)=O)c3)c(C(=O)NCc3ccccc3)s2)c1. The van der Waals surface area contributed by atoms with E-state index in [4.69, 9.17) is 4.98 Å². The van der Waals surface area contributed by atoms with Gasteiger partial charge < -0.3 is 15.4 Å². The molecule has 6 nitrogen and oxygen atoms in total. The number of carbonyl (C=O) groups excluding carboxylic acids is 1. The second-order valence-electron chi connectivity index (χ2n) is 7.95. The van der Waals surface area contributed by atoms with Crippen molar-refractivity contribution < 1.29 is 9.00 Å². The first-order valence-corrected chi connectivity index (χ1v) is 13.1. The third kappa shape index (κ3) is 5.89. The van der Waals surface area contributed by atoms with Gasteiger partial charge in [0.1, 0.15) is 15.9 Å². The highest BCUT2D eigenvalue weighted by Crippen LogP contribution is 2.34. The molecule has 1 heterocycles. The molecule has 0 fully saturated rings. The number of carbonyl (C=O) groups is 1. The zero-order chi connectivity index (χ0) is 24.1. The van der Waals surface area contributed by atoms with Crippen LogP contribution in [0.5, 0.6) is 0 Å². The van der Waals surface area contributed by atoms with Crippen LogP contribution in [0.25, 0.3) is 11.3 Å². The number of benzene rings is 3. The van der Waals surface area contributed by atoms with Gasteiger partial charge in [0.25, 0.3) is 5.91 Å². The minimum absolute atomic E-state index is 0.192. The molecule has 1 aromatic heterocycles. The molecule has 3 aromatic carbocycles. The minimum atomic E-state index is -1.21. The van der Waals surface area contributed by atoms with Gasteiger partial charge in [-0.15, -0.1) is 0 Å². The summed E-state index contributed by atoms with van der Waals surface area (Å²) in [6.45, 7) is 4.49. The molecule has 0 saturated heterocycles. The number of rotatable bonds is 8. The molecular formula is C26H26N4O2S2. The Bertz CT molecular complexity index is 1340. The molecule has 0 aliphatic heterocycles. The second kappa shape index (κ2) is 10.6. The molecule has 4 aromatic rings. The Balaban J connectivity index is 1.68. The third-order valence-corrected chi connectivity index (χ3v) is 6.65. The number of nitrogens with one attached hydrogen (secondary N) is 3. The van der Waals surface area contributed by atoms with Crippen LogP contribution in [-0.2, 0) is 17.5 Å². The van der Waals surface area contributed by atoms with Gasteiger partial charge in [-0.2, -0.15) is 0 Å². The molecule has 1 atom stereocenters. The molecule has 0 bridgehead atoms. The topological polar surface area (TPSA) is 83.1 Å². The lowest BCUT2D eigenvalue weighted by atomic mass is 10.1. The maximum absolute atomic E-state index is 13.2. The predicted octanol–water partition coefficient (Wildman–Crippen LogP) is 5.81. The van der Waals surface area contributed by atoms with Crippen LogP contribution in [0.3, 0.4) is 0 Å². The highest BCUT2D eigenvalue weighted by atomic mass is 32.2. The fourth-order valence-corrected chi connectivity index (χ4v) is 4.84. The Morgan fingerprint density at radius 2 is 1.79 bits per heavy atom. The van der Waals surface area contributed by atoms with Crippen molar-refractivity contribution in [2.45, 2.75) is 20.4 Å². The highest BCUT2D eigenvalue weighted by molar-refractivity contribution is 7.85. The minimum Gasteiger partial charge on any atom is -0.347 e. The number of nitrogens with zero attached hydrogens (tertiary/aromatic N) is 1. The van der Waals surface area contributed by atoms with Crippen LogP contribution in [-0.4, -0.2) is 21.4 Å². The van der Waals surface area contributed by atoms with Crippen LogP contribution in [0.1, 0.15) is 26.4 Å². The summed E-state index contributed by atoms with van der Waals surface area (Å²) in [6.07, 6.45) is 1.57. The van der Waals surface area contributed by atoms with E-state index in [9.17, 15) is 9.00 Å². The number of thiazole rings is 1. The summed E-state index contributed by atoms with van der Waals surface area (Å²) >= 11 is 1.31. The quantitative estimate of drug-likeness (QED) is 0.291. The Morgan fingerprint density at radius 1 is 1.00 bits per heavy atom. The van der Waals surface area contributed by atoms with Gasteiger partial charge in [-0.3, -0.25) is 4.79 Å². The molecule has 0 aliphatic carbocycles. The zero-order valence-electron chi connectivity index (χ0n) is 19.2. The van der Waals surface area contributed by atoms with Gasteiger partial charge in [-0.25, -0.2) is 9.19 Å².